The third kappa shape index (κ3) is 6.66. The Morgan fingerprint density at radius 3 is 2.07 bits per heavy atom. The van der Waals surface area contributed by atoms with Crippen molar-refractivity contribution in [2.24, 2.45) is 23.7 Å². The molecule has 0 aliphatic heterocycles. The van der Waals surface area contributed by atoms with Gasteiger partial charge in [0.2, 0.25) is 0 Å². The summed E-state index contributed by atoms with van der Waals surface area (Å²) in [6.45, 7) is 2.91. The maximum Gasteiger partial charge on any atom is 0.123 e. The first-order chi connectivity index (χ1) is 13.2. The van der Waals surface area contributed by atoms with Gasteiger partial charge in [-0.25, -0.2) is 4.39 Å². The van der Waals surface area contributed by atoms with Crippen LogP contribution < -0.4 is 4.74 Å². The number of halogens is 1. The van der Waals surface area contributed by atoms with Crippen molar-refractivity contribution in [3.8, 4) is 5.75 Å². The van der Waals surface area contributed by atoms with Crippen molar-refractivity contribution in [1.82, 2.24) is 0 Å². The van der Waals surface area contributed by atoms with Gasteiger partial charge in [-0.05, 0) is 106 Å². The molecule has 1 nitrogen and oxygen atoms in total. The van der Waals surface area contributed by atoms with Crippen LogP contribution >= 0.6 is 0 Å². The zero-order valence-corrected chi connectivity index (χ0v) is 17.0. The van der Waals surface area contributed by atoms with Crippen LogP contribution in [0.5, 0.6) is 5.75 Å². The van der Waals surface area contributed by atoms with E-state index < -0.39 is 0 Å². The minimum atomic E-state index is -0.199. The summed E-state index contributed by atoms with van der Waals surface area (Å²) < 4.78 is 18.8. The Balaban J connectivity index is 1.31. The highest BCUT2D eigenvalue weighted by Gasteiger charge is 2.30. The summed E-state index contributed by atoms with van der Waals surface area (Å²) in [5, 5.41) is 0. The maximum atomic E-state index is 13.0. The van der Waals surface area contributed by atoms with Crippen molar-refractivity contribution in [2.75, 3.05) is 6.61 Å². The lowest BCUT2D eigenvalue weighted by molar-refractivity contribution is 0.121. The summed E-state index contributed by atoms with van der Waals surface area (Å²) in [6, 6.07) is 6.42. The standard InChI is InChI=1S/C25H37FO/c1-2-3-4-5-6-20-7-11-22(12-8-20)23-13-9-21(10-14-23)19-27-25-17-15-24(26)16-18-25/h2-3,15-18,20-23H,4-14,19H2,1H3/b3-2-. The minimum absolute atomic E-state index is 0.199. The number of rotatable bonds is 8. The monoisotopic (exact) mass is 372 g/mol. The molecule has 1 aromatic rings. The third-order valence-electron chi connectivity index (χ3n) is 6.97. The molecule has 0 N–H and O–H groups in total. The zero-order chi connectivity index (χ0) is 18.9. The topological polar surface area (TPSA) is 9.23 Å². The zero-order valence-electron chi connectivity index (χ0n) is 17.0. The molecule has 2 aliphatic carbocycles. The Kier molecular flexibility index (Phi) is 8.23. The molecule has 27 heavy (non-hydrogen) atoms. The normalized spacial score (nSPS) is 29.1. The van der Waals surface area contributed by atoms with Gasteiger partial charge in [0.05, 0.1) is 6.61 Å². The van der Waals surface area contributed by atoms with Gasteiger partial charge in [-0.15, -0.1) is 0 Å². The van der Waals surface area contributed by atoms with Crippen molar-refractivity contribution < 1.29 is 9.13 Å². The Hall–Kier alpha value is -1.31. The fourth-order valence-corrected chi connectivity index (χ4v) is 5.21. The molecule has 0 saturated heterocycles. The van der Waals surface area contributed by atoms with Gasteiger partial charge in [-0.3, -0.25) is 0 Å². The molecule has 0 atom stereocenters. The molecule has 0 aromatic heterocycles. The molecule has 0 spiro atoms. The molecule has 2 saturated carbocycles. The van der Waals surface area contributed by atoms with E-state index in [9.17, 15) is 4.39 Å². The quantitative estimate of drug-likeness (QED) is 0.338. The Morgan fingerprint density at radius 2 is 1.48 bits per heavy atom. The number of allylic oxidation sites excluding steroid dienone is 2. The fourth-order valence-electron chi connectivity index (χ4n) is 5.21. The van der Waals surface area contributed by atoms with E-state index in [4.69, 9.17) is 4.74 Å². The van der Waals surface area contributed by atoms with Crippen LogP contribution in [0, 0.1) is 29.5 Å². The van der Waals surface area contributed by atoms with E-state index in [-0.39, 0.29) is 5.82 Å². The van der Waals surface area contributed by atoms with E-state index in [0.717, 1.165) is 30.1 Å². The first-order valence-corrected chi connectivity index (χ1v) is 11.2. The van der Waals surface area contributed by atoms with Crippen LogP contribution in [0.2, 0.25) is 0 Å². The molecule has 3 rings (SSSR count). The lowest BCUT2D eigenvalue weighted by Gasteiger charge is -2.38. The fraction of sp³-hybridized carbons (Fsp3) is 0.680. The second-order valence-corrected chi connectivity index (χ2v) is 8.83. The van der Waals surface area contributed by atoms with Gasteiger partial charge >= 0.3 is 0 Å². The van der Waals surface area contributed by atoms with Crippen molar-refractivity contribution in [1.29, 1.82) is 0 Å². The van der Waals surface area contributed by atoms with Crippen LogP contribution in [0.1, 0.15) is 77.6 Å². The summed E-state index contributed by atoms with van der Waals surface area (Å²) in [7, 11) is 0. The number of hydrogen-bond acceptors (Lipinski definition) is 1. The Bertz CT molecular complexity index is 548. The van der Waals surface area contributed by atoms with Crippen molar-refractivity contribution in [3.05, 3.63) is 42.2 Å². The van der Waals surface area contributed by atoms with Crippen molar-refractivity contribution in [3.63, 3.8) is 0 Å². The van der Waals surface area contributed by atoms with E-state index >= 15 is 0 Å². The van der Waals surface area contributed by atoms with Crippen molar-refractivity contribution >= 4 is 0 Å². The van der Waals surface area contributed by atoms with E-state index in [1.165, 1.54) is 82.8 Å². The van der Waals surface area contributed by atoms with E-state index in [1.54, 1.807) is 12.1 Å². The van der Waals surface area contributed by atoms with Gasteiger partial charge in [0, 0.05) is 0 Å². The minimum Gasteiger partial charge on any atom is -0.493 e. The van der Waals surface area contributed by atoms with Crippen LogP contribution in [-0.4, -0.2) is 6.61 Å². The summed E-state index contributed by atoms with van der Waals surface area (Å²) in [6.07, 6.45) is 19.8. The summed E-state index contributed by atoms with van der Waals surface area (Å²) in [5.41, 5.74) is 0. The van der Waals surface area contributed by atoms with Crippen LogP contribution in [0.3, 0.4) is 0 Å². The third-order valence-corrected chi connectivity index (χ3v) is 6.97. The predicted octanol–water partition coefficient (Wildman–Crippen LogP) is 7.56. The number of ether oxygens (including phenoxy) is 1. The van der Waals surface area contributed by atoms with Crippen molar-refractivity contribution in [2.45, 2.75) is 77.6 Å². The summed E-state index contributed by atoms with van der Waals surface area (Å²) >= 11 is 0. The highest BCUT2D eigenvalue weighted by atomic mass is 19.1. The molecule has 2 aliphatic rings. The number of hydrogen-bond donors (Lipinski definition) is 0. The first kappa shape index (κ1) is 20.4. The van der Waals surface area contributed by atoms with Gasteiger partial charge in [-0.1, -0.05) is 31.4 Å². The SMILES string of the molecule is C/C=C\CCCC1CCC(C2CCC(COc3ccc(F)cc3)CC2)CC1. The van der Waals surface area contributed by atoms with Gasteiger partial charge in [0.15, 0.2) is 0 Å². The smallest absolute Gasteiger partial charge is 0.123 e. The largest absolute Gasteiger partial charge is 0.493 e. The first-order valence-electron chi connectivity index (χ1n) is 11.2. The second-order valence-electron chi connectivity index (χ2n) is 8.83. The van der Waals surface area contributed by atoms with E-state index in [0.29, 0.717) is 5.92 Å². The molecule has 150 valence electrons. The molecule has 1 aromatic carbocycles. The molecular weight excluding hydrogens is 335 g/mol. The van der Waals surface area contributed by atoms with Gasteiger partial charge in [0.1, 0.15) is 11.6 Å². The van der Waals surface area contributed by atoms with Gasteiger partial charge < -0.3 is 4.74 Å². The van der Waals surface area contributed by atoms with Gasteiger partial charge in [0.25, 0.3) is 0 Å². The second kappa shape index (κ2) is 10.9. The maximum absolute atomic E-state index is 13.0. The Morgan fingerprint density at radius 1 is 0.889 bits per heavy atom. The average molecular weight is 373 g/mol. The van der Waals surface area contributed by atoms with E-state index in [2.05, 4.69) is 19.1 Å². The lowest BCUT2D eigenvalue weighted by Crippen LogP contribution is -2.27. The highest BCUT2D eigenvalue weighted by molar-refractivity contribution is 5.22. The van der Waals surface area contributed by atoms with Crippen LogP contribution in [-0.2, 0) is 0 Å². The molecule has 2 heteroatoms. The predicted molar refractivity (Wildman–Crippen MR) is 111 cm³/mol. The number of benzene rings is 1. The van der Waals surface area contributed by atoms with Crippen LogP contribution in [0.25, 0.3) is 0 Å². The Labute approximate surface area is 165 Å². The van der Waals surface area contributed by atoms with Gasteiger partial charge in [-0.2, -0.15) is 0 Å². The van der Waals surface area contributed by atoms with Crippen LogP contribution in [0.4, 0.5) is 4.39 Å². The lowest BCUT2D eigenvalue weighted by atomic mass is 9.69. The van der Waals surface area contributed by atoms with E-state index in [1.807, 2.05) is 0 Å². The summed E-state index contributed by atoms with van der Waals surface area (Å²) in [4.78, 5) is 0. The highest BCUT2D eigenvalue weighted by Crippen LogP contribution is 2.42. The molecule has 0 unspecified atom stereocenters. The molecule has 0 heterocycles. The molecule has 2 fully saturated rings. The molecule has 0 bridgehead atoms. The molecular formula is C25H37FO. The molecule has 0 amide bonds. The molecule has 0 radical (unpaired) electrons. The van der Waals surface area contributed by atoms with Crippen LogP contribution in [0.15, 0.2) is 36.4 Å². The number of unbranched alkanes of at least 4 members (excludes halogenated alkanes) is 1. The average Bonchev–Trinajstić information content (AvgIpc) is 2.72. The summed E-state index contributed by atoms with van der Waals surface area (Å²) in [5.74, 6) is 4.20.